The van der Waals surface area contributed by atoms with Gasteiger partial charge in [0.15, 0.2) is 18.1 Å². The van der Waals surface area contributed by atoms with Crippen LogP contribution in [0.3, 0.4) is 0 Å². The number of amides is 2. The molecule has 138 valence electrons. The van der Waals surface area contributed by atoms with Crippen LogP contribution in [0.1, 0.15) is 31.2 Å². The number of methoxy groups -OCH3 is 1. The van der Waals surface area contributed by atoms with Crippen LogP contribution in [0.15, 0.2) is 23.3 Å². The van der Waals surface area contributed by atoms with Gasteiger partial charge in [0.05, 0.1) is 13.3 Å². The summed E-state index contributed by atoms with van der Waals surface area (Å²) in [5.74, 6) is 0.595. The minimum atomic E-state index is -0.336. The SMILES string of the molecule is COc1cc(/C=N\NC(=O)CN2CCCCCC2=O)ccc1OCC#N. The van der Waals surface area contributed by atoms with Gasteiger partial charge in [0.25, 0.3) is 5.91 Å². The van der Waals surface area contributed by atoms with Gasteiger partial charge in [-0.2, -0.15) is 10.4 Å². The Morgan fingerprint density at radius 2 is 2.23 bits per heavy atom. The highest BCUT2D eigenvalue weighted by atomic mass is 16.5. The average Bonchev–Trinajstić information content (AvgIpc) is 2.85. The highest BCUT2D eigenvalue weighted by Gasteiger charge is 2.18. The van der Waals surface area contributed by atoms with Crippen molar-refractivity contribution in [3.63, 3.8) is 0 Å². The Morgan fingerprint density at radius 3 is 3.00 bits per heavy atom. The van der Waals surface area contributed by atoms with Crippen LogP contribution in [0.25, 0.3) is 0 Å². The van der Waals surface area contributed by atoms with Crippen molar-refractivity contribution in [1.82, 2.24) is 10.3 Å². The summed E-state index contributed by atoms with van der Waals surface area (Å²) in [6.07, 6.45) is 4.78. The summed E-state index contributed by atoms with van der Waals surface area (Å²) in [6, 6.07) is 6.96. The third kappa shape index (κ3) is 5.77. The molecule has 26 heavy (non-hydrogen) atoms. The lowest BCUT2D eigenvalue weighted by atomic mass is 10.2. The van der Waals surface area contributed by atoms with Gasteiger partial charge in [-0.3, -0.25) is 9.59 Å². The van der Waals surface area contributed by atoms with Crippen molar-refractivity contribution in [1.29, 1.82) is 5.26 Å². The van der Waals surface area contributed by atoms with Gasteiger partial charge in [-0.05, 0) is 36.6 Å². The molecule has 0 radical (unpaired) electrons. The van der Waals surface area contributed by atoms with Crippen LogP contribution >= 0.6 is 0 Å². The third-order valence-corrected chi connectivity index (χ3v) is 3.89. The Kier molecular flexibility index (Phi) is 7.43. The van der Waals surface area contributed by atoms with Gasteiger partial charge in [-0.15, -0.1) is 0 Å². The first-order chi connectivity index (χ1) is 12.6. The van der Waals surface area contributed by atoms with Gasteiger partial charge >= 0.3 is 0 Å². The summed E-state index contributed by atoms with van der Waals surface area (Å²) < 4.78 is 10.4. The summed E-state index contributed by atoms with van der Waals surface area (Å²) in [7, 11) is 1.50. The van der Waals surface area contributed by atoms with Gasteiger partial charge in [0.2, 0.25) is 5.91 Å². The fourth-order valence-electron chi connectivity index (χ4n) is 2.59. The highest BCUT2D eigenvalue weighted by Crippen LogP contribution is 2.27. The molecule has 8 heteroatoms. The highest BCUT2D eigenvalue weighted by molar-refractivity contribution is 5.86. The number of ether oxygens (including phenoxy) is 2. The predicted octanol–water partition coefficient (Wildman–Crippen LogP) is 1.45. The maximum absolute atomic E-state index is 12.0. The summed E-state index contributed by atoms with van der Waals surface area (Å²) in [5, 5.41) is 12.5. The number of rotatable bonds is 7. The van der Waals surface area contributed by atoms with Crippen molar-refractivity contribution in [2.45, 2.75) is 25.7 Å². The second-order valence-electron chi connectivity index (χ2n) is 5.78. The van der Waals surface area contributed by atoms with Gasteiger partial charge < -0.3 is 14.4 Å². The van der Waals surface area contributed by atoms with Crippen LogP contribution in [0.5, 0.6) is 11.5 Å². The number of carbonyl (C=O) groups excluding carboxylic acids is 2. The van der Waals surface area contributed by atoms with E-state index in [2.05, 4.69) is 10.5 Å². The molecule has 1 heterocycles. The van der Waals surface area contributed by atoms with Crippen LogP contribution in [0.4, 0.5) is 0 Å². The zero-order valence-corrected chi connectivity index (χ0v) is 14.7. The van der Waals surface area contributed by atoms with Crippen LogP contribution in [-0.2, 0) is 9.59 Å². The molecule has 1 aliphatic heterocycles. The molecule has 0 unspecified atom stereocenters. The fourth-order valence-corrected chi connectivity index (χ4v) is 2.59. The zero-order valence-electron chi connectivity index (χ0n) is 14.7. The molecule has 0 aliphatic carbocycles. The van der Waals surface area contributed by atoms with Crippen LogP contribution in [0.2, 0.25) is 0 Å². The smallest absolute Gasteiger partial charge is 0.259 e. The Morgan fingerprint density at radius 1 is 1.38 bits per heavy atom. The molecule has 2 rings (SSSR count). The van der Waals surface area contributed by atoms with E-state index >= 15 is 0 Å². The summed E-state index contributed by atoms with van der Waals surface area (Å²) in [4.78, 5) is 25.4. The van der Waals surface area contributed by atoms with Gasteiger partial charge in [-0.1, -0.05) is 6.42 Å². The molecular formula is C18H22N4O4. The molecular weight excluding hydrogens is 336 g/mol. The molecule has 0 aromatic heterocycles. The van der Waals surface area contributed by atoms with Crippen molar-refractivity contribution in [2.24, 2.45) is 5.10 Å². The molecule has 0 atom stereocenters. The average molecular weight is 358 g/mol. The predicted molar refractivity (Wildman–Crippen MR) is 94.9 cm³/mol. The largest absolute Gasteiger partial charge is 0.493 e. The summed E-state index contributed by atoms with van der Waals surface area (Å²) in [5.41, 5.74) is 3.12. The summed E-state index contributed by atoms with van der Waals surface area (Å²) >= 11 is 0. The van der Waals surface area contributed by atoms with Crippen molar-refractivity contribution < 1.29 is 19.1 Å². The number of nitriles is 1. The van der Waals surface area contributed by atoms with E-state index in [9.17, 15) is 9.59 Å². The van der Waals surface area contributed by atoms with Crippen LogP contribution < -0.4 is 14.9 Å². The molecule has 1 aromatic rings. The van der Waals surface area contributed by atoms with Gasteiger partial charge in [0, 0.05) is 13.0 Å². The minimum absolute atomic E-state index is 0.0133. The first-order valence-electron chi connectivity index (χ1n) is 8.41. The number of hydrazone groups is 1. The Balaban J connectivity index is 1.89. The number of benzene rings is 1. The fraction of sp³-hybridized carbons (Fsp3) is 0.444. The van der Waals surface area contributed by atoms with Crippen LogP contribution in [-0.4, -0.2) is 49.7 Å². The molecule has 0 saturated carbocycles. The lowest BCUT2D eigenvalue weighted by Gasteiger charge is -2.18. The van der Waals surface area contributed by atoms with E-state index in [1.165, 1.54) is 13.3 Å². The monoisotopic (exact) mass is 358 g/mol. The first-order valence-corrected chi connectivity index (χ1v) is 8.41. The Bertz CT molecular complexity index is 712. The van der Waals surface area contributed by atoms with E-state index < -0.39 is 0 Å². The summed E-state index contributed by atoms with van der Waals surface area (Å²) in [6.45, 7) is 0.548. The number of hydrogen-bond acceptors (Lipinski definition) is 6. The lowest BCUT2D eigenvalue weighted by Crippen LogP contribution is -2.39. The number of likely N-dealkylation sites (tertiary alicyclic amines) is 1. The van der Waals surface area contributed by atoms with E-state index in [0.29, 0.717) is 30.0 Å². The third-order valence-electron chi connectivity index (χ3n) is 3.89. The van der Waals surface area contributed by atoms with E-state index in [1.807, 2.05) is 6.07 Å². The molecule has 2 amide bonds. The van der Waals surface area contributed by atoms with E-state index in [1.54, 1.807) is 23.1 Å². The first kappa shape index (κ1) is 19.2. The minimum Gasteiger partial charge on any atom is -0.493 e. The maximum atomic E-state index is 12.0. The normalized spacial score (nSPS) is 14.6. The number of nitrogens with zero attached hydrogens (tertiary/aromatic N) is 3. The second kappa shape index (κ2) is 10.0. The van der Waals surface area contributed by atoms with E-state index in [-0.39, 0.29) is 25.0 Å². The number of nitrogens with one attached hydrogen (secondary N) is 1. The molecule has 1 saturated heterocycles. The topological polar surface area (TPSA) is 104 Å². The standard InChI is InChI=1S/C18H22N4O4/c1-25-16-11-14(6-7-15(16)26-10-8-19)12-20-21-17(23)13-22-9-4-2-3-5-18(22)24/h6-7,11-12H,2-5,9-10,13H2,1H3,(H,21,23)/b20-12-. The Labute approximate surface area is 152 Å². The van der Waals surface area contributed by atoms with Crippen molar-refractivity contribution >= 4 is 18.0 Å². The van der Waals surface area contributed by atoms with Crippen molar-refractivity contribution in [3.8, 4) is 17.6 Å². The number of carbonyl (C=O) groups is 2. The maximum Gasteiger partial charge on any atom is 0.259 e. The zero-order chi connectivity index (χ0) is 18.8. The quantitative estimate of drug-likeness (QED) is 0.587. The van der Waals surface area contributed by atoms with Gasteiger partial charge in [0.1, 0.15) is 12.6 Å². The lowest BCUT2D eigenvalue weighted by molar-refractivity contribution is -0.135. The van der Waals surface area contributed by atoms with Crippen molar-refractivity contribution in [2.75, 3.05) is 26.8 Å². The van der Waals surface area contributed by atoms with Crippen LogP contribution in [0, 0.1) is 11.3 Å². The van der Waals surface area contributed by atoms with Gasteiger partial charge in [-0.25, -0.2) is 5.43 Å². The molecule has 1 aromatic carbocycles. The molecule has 0 bridgehead atoms. The molecule has 1 aliphatic rings. The Hall–Kier alpha value is -3.08. The molecule has 8 nitrogen and oxygen atoms in total. The molecule has 1 N–H and O–H groups in total. The van der Waals surface area contributed by atoms with E-state index in [0.717, 1.165) is 19.3 Å². The van der Waals surface area contributed by atoms with E-state index in [4.69, 9.17) is 14.7 Å². The number of hydrogen-bond donors (Lipinski definition) is 1. The molecule has 1 fully saturated rings. The second-order valence-corrected chi connectivity index (χ2v) is 5.78. The molecule has 0 spiro atoms. The van der Waals surface area contributed by atoms with Crippen molar-refractivity contribution in [3.05, 3.63) is 23.8 Å².